The summed E-state index contributed by atoms with van der Waals surface area (Å²) in [5, 5.41) is 24.4. The van der Waals surface area contributed by atoms with Gasteiger partial charge in [0.25, 0.3) is 17.3 Å². The quantitative estimate of drug-likeness (QED) is 0.431. The summed E-state index contributed by atoms with van der Waals surface area (Å²) in [5.41, 5.74) is -0.420. The van der Waals surface area contributed by atoms with Crippen LogP contribution in [0.1, 0.15) is 15.9 Å². The predicted molar refractivity (Wildman–Crippen MR) is 96.4 cm³/mol. The number of nitro groups is 2. The number of methoxy groups -OCH3 is 1. The Kier molecular flexibility index (Phi) is 6.22. The van der Waals surface area contributed by atoms with E-state index in [9.17, 15) is 29.8 Å². The third-order valence-corrected chi connectivity index (χ3v) is 3.62. The summed E-state index contributed by atoms with van der Waals surface area (Å²) in [5.74, 6) is -0.938. The summed E-state index contributed by atoms with van der Waals surface area (Å²) in [4.78, 5) is 43.7. The molecule has 0 saturated heterocycles. The number of carbonyl (C=O) groups excluding carboxylic acids is 2. The van der Waals surface area contributed by atoms with Crippen molar-refractivity contribution in [1.82, 2.24) is 0 Å². The third kappa shape index (κ3) is 5.00. The zero-order chi connectivity index (χ0) is 20.8. The lowest BCUT2D eigenvalue weighted by Crippen LogP contribution is -2.14. The molecule has 1 N–H and O–H groups in total. The molecule has 11 heteroatoms. The molecule has 0 unspecified atom stereocenters. The maximum atomic E-state index is 12.4. The van der Waals surface area contributed by atoms with Gasteiger partial charge < -0.3 is 14.8 Å². The average Bonchev–Trinajstić information content (AvgIpc) is 2.67. The van der Waals surface area contributed by atoms with Gasteiger partial charge >= 0.3 is 5.97 Å². The SMILES string of the molecule is COC(=O)COc1ccc(NC(=O)c2cc([N+](=O)[O-])cc([N+](=O)[O-])c2)c(C)c1. The topological polar surface area (TPSA) is 151 Å². The maximum absolute atomic E-state index is 12.4. The van der Waals surface area contributed by atoms with Crippen LogP contribution in [-0.4, -0.2) is 35.4 Å². The average molecular weight is 389 g/mol. The number of hydrogen-bond donors (Lipinski definition) is 1. The number of rotatable bonds is 7. The van der Waals surface area contributed by atoms with Gasteiger partial charge in [-0.1, -0.05) is 0 Å². The molecule has 0 aliphatic carbocycles. The number of amides is 1. The lowest BCUT2D eigenvalue weighted by atomic mass is 10.1. The Morgan fingerprint density at radius 3 is 2.14 bits per heavy atom. The molecule has 0 aromatic heterocycles. The van der Waals surface area contributed by atoms with Gasteiger partial charge in [-0.2, -0.15) is 0 Å². The van der Waals surface area contributed by atoms with Gasteiger partial charge in [0, 0.05) is 17.8 Å². The second-order valence-corrected chi connectivity index (χ2v) is 5.55. The highest BCUT2D eigenvalue weighted by atomic mass is 16.6. The van der Waals surface area contributed by atoms with E-state index in [2.05, 4.69) is 10.1 Å². The summed E-state index contributed by atoms with van der Waals surface area (Å²) in [6.07, 6.45) is 0. The first-order chi connectivity index (χ1) is 13.2. The van der Waals surface area contributed by atoms with Gasteiger partial charge in [-0.05, 0) is 30.7 Å². The van der Waals surface area contributed by atoms with Crippen molar-refractivity contribution in [2.75, 3.05) is 19.0 Å². The van der Waals surface area contributed by atoms with Crippen molar-refractivity contribution in [3.05, 3.63) is 67.8 Å². The molecule has 0 saturated carbocycles. The first kappa shape index (κ1) is 20.3. The lowest BCUT2D eigenvalue weighted by molar-refractivity contribution is -0.394. The molecule has 0 atom stereocenters. The number of nitro benzene ring substituents is 2. The van der Waals surface area contributed by atoms with Crippen LogP contribution in [0, 0.1) is 27.2 Å². The van der Waals surface area contributed by atoms with Crippen LogP contribution in [0.25, 0.3) is 0 Å². The molecule has 28 heavy (non-hydrogen) atoms. The van der Waals surface area contributed by atoms with E-state index < -0.39 is 33.1 Å². The number of nitrogens with one attached hydrogen (secondary N) is 1. The van der Waals surface area contributed by atoms with Crippen LogP contribution in [0.4, 0.5) is 17.1 Å². The number of non-ortho nitro benzene ring substituents is 2. The number of carbonyl (C=O) groups is 2. The Balaban J connectivity index is 2.21. The summed E-state index contributed by atoms with van der Waals surface area (Å²) in [6.45, 7) is 1.38. The minimum atomic E-state index is -0.817. The molecular weight excluding hydrogens is 374 g/mol. The highest BCUT2D eigenvalue weighted by Crippen LogP contribution is 2.25. The van der Waals surface area contributed by atoms with Gasteiger partial charge in [0.05, 0.1) is 28.6 Å². The smallest absolute Gasteiger partial charge is 0.343 e. The van der Waals surface area contributed by atoms with E-state index >= 15 is 0 Å². The van der Waals surface area contributed by atoms with Crippen molar-refractivity contribution < 1.29 is 28.9 Å². The molecule has 146 valence electrons. The Labute approximate surface area is 158 Å². The molecule has 2 aromatic carbocycles. The van der Waals surface area contributed by atoms with Crippen molar-refractivity contribution >= 4 is 28.9 Å². The lowest BCUT2D eigenvalue weighted by Gasteiger charge is -2.11. The number of hydrogen-bond acceptors (Lipinski definition) is 8. The summed E-state index contributed by atoms with van der Waals surface area (Å²) >= 11 is 0. The largest absolute Gasteiger partial charge is 0.482 e. The molecule has 0 aliphatic rings. The van der Waals surface area contributed by atoms with Crippen molar-refractivity contribution in [2.45, 2.75) is 6.92 Å². The standard InChI is InChI=1S/C17H15N3O8/c1-10-5-14(28-9-16(21)27-2)3-4-15(10)18-17(22)11-6-12(19(23)24)8-13(7-11)20(25)26/h3-8H,9H2,1-2H3,(H,18,22). The fraction of sp³-hybridized carbons (Fsp3) is 0.176. The third-order valence-electron chi connectivity index (χ3n) is 3.62. The molecule has 0 radical (unpaired) electrons. The molecule has 1 amide bonds. The highest BCUT2D eigenvalue weighted by molar-refractivity contribution is 6.05. The van der Waals surface area contributed by atoms with Gasteiger partial charge in [-0.15, -0.1) is 0 Å². The van der Waals surface area contributed by atoms with E-state index in [4.69, 9.17) is 4.74 Å². The molecular formula is C17H15N3O8. The summed E-state index contributed by atoms with van der Waals surface area (Å²) in [6, 6.07) is 7.24. The Morgan fingerprint density at radius 2 is 1.64 bits per heavy atom. The summed E-state index contributed by atoms with van der Waals surface area (Å²) < 4.78 is 9.69. The van der Waals surface area contributed by atoms with Crippen LogP contribution in [0.15, 0.2) is 36.4 Å². The van der Waals surface area contributed by atoms with E-state index in [0.29, 0.717) is 17.0 Å². The van der Waals surface area contributed by atoms with Crippen molar-refractivity contribution in [3.8, 4) is 5.75 Å². The maximum Gasteiger partial charge on any atom is 0.343 e. The zero-order valence-electron chi connectivity index (χ0n) is 14.8. The molecule has 11 nitrogen and oxygen atoms in total. The van der Waals surface area contributed by atoms with Crippen LogP contribution in [0.5, 0.6) is 5.75 Å². The van der Waals surface area contributed by atoms with Crippen LogP contribution in [-0.2, 0) is 9.53 Å². The highest BCUT2D eigenvalue weighted by Gasteiger charge is 2.20. The Morgan fingerprint density at radius 1 is 1.04 bits per heavy atom. The second-order valence-electron chi connectivity index (χ2n) is 5.55. The fourth-order valence-corrected chi connectivity index (χ4v) is 2.20. The Hall–Kier alpha value is -4.02. The van der Waals surface area contributed by atoms with E-state index in [-0.39, 0.29) is 12.2 Å². The van der Waals surface area contributed by atoms with Gasteiger partial charge in [-0.25, -0.2) is 4.79 Å². The summed E-state index contributed by atoms with van der Waals surface area (Å²) in [7, 11) is 1.23. The van der Waals surface area contributed by atoms with E-state index in [1.807, 2.05) is 0 Å². The van der Waals surface area contributed by atoms with E-state index in [0.717, 1.165) is 18.2 Å². The van der Waals surface area contributed by atoms with Gasteiger partial charge in [-0.3, -0.25) is 25.0 Å². The van der Waals surface area contributed by atoms with Crippen molar-refractivity contribution in [3.63, 3.8) is 0 Å². The number of esters is 1. The minimum absolute atomic E-state index is 0.230. The van der Waals surface area contributed by atoms with E-state index in [1.165, 1.54) is 19.2 Å². The van der Waals surface area contributed by atoms with Gasteiger partial charge in [0.15, 0.2) is 6.61 Å². The molecule has 0 aliphatic heterocycles. The van der Waals surface area contributed by atoms with Crippen LogP contribution in [0.3, 0.4) is 0 Å². The molecule has 2 aromatic rings. The normalized spacial score (nSPS) is 10.1. The minimum Gasteiger partial charge on any atom is -0.482 e. The first-order valence-electron chi connectivity index (χ1n) is 7.76. The monoisotopic (exact) mass is 389 g/mol. The molecule has 2 rings (SSSR count). The molecule has 0 heterocycles. The number of anilines is 1. The van der Waals surface area contributed by atoms with Gasteiger partial charge in [0.1, 0.15) is 5.75 Å². The number of nitrogens with zero attached hydrogens (tertiary/aromatic N) is 2. The number of benzene rings is 2. The van der Waals surface area contributed by atoms with Crippen LogP contribution < -0.4 is 10.1 Å². The van der Waals surface area contributed by atoms with Crippen molar-refractivity contribution in [2.24, 2.45) is 0 Å². The predicted octanol–water partition coefficient (Wildman–Crippen LogP) is 2.62. The Bertz CT molecular complexity index is 925. The molecule has 0 spiro atoms. The zero-order valence-corrected chi connectivity index (χ0v) is 14.8. The van der Waals surface area contributed by atoms with Gasteiger partial charge in [0.2, 0.25) is 0 Å². The van der Waals surface area contributed by atoms with Crippen LogP contribution >= 0.6 is 0 Å². The van der Waals surface area contributed by atoms with Crippen molar-refractivity contribution in [1.29, 1.82) is 0 Å². The fourth-order valence-electron chi connectivity index (χ4n) is 2.20. The molecule has 0 fully saturated rings. The number of aryl methyl sites for hydroxylation is 1. The second kappa shape index (κ2) is 8.58. The number of ether oxygens (including phenoxy) is 2. The first-order valence-corrected chi connectivity index (χ1v) is 7.76. The molecule has 0 bridgehead atoms. The van der Waals surface area contributed by atoms with Crippen LogP contribution in [0.2, 0.25) is 0 Å². The van der Waals surface area contributed by atoms with E-state index in [1.54, 1.807) is 13.0 Å².